The number of fused-ring (bicyclic) bond motifs is 2. The van der Waals surface area contributed by atoms with Gasteiger partial charge < -0.3 is 14.9 Å². The fourth-order valence-corrected chi connectivity index (χ4v) is 9.63. The first-order valence-corrected chi connectivity index (χ1v) is 24.1. The van der Waals surface area contributed by atoms with E-state index in [0.29, 0.717) is 74.0 Å². The SMILES string of the molecule is CC1(C)\C(=C/C=C/C=C2\CC\C(=C/C=C/C=C3/N(CCCCS(=O)(=O)O)c4ccc(S(=O)(=O)O)cc4C3(C)C)C2=O)N(CCCCCC(=O)O)c2ccc(S(=O)(=O)O)cc21.[Na+]. The van der Waals surface area contributed by atoms with E-state index in [9.17, 15) is 48.5 Å². The molecule has 2 aliphatic heterocycles. The average Bonchev–Trinajstić information content (AvgIpc) is 3.68. The first kappa shape index (κ1) is 50.0. The zero-order chi connectivity index (χ0) is 44.3. The predicted octanol–water partition coefficient (Wildman–Crippen LogP) is 4.49. The Hall–Kier alpha value is -3.65. The van der Waals surface area contributed by atoms with Gasteiger partial charge in [0.25, 0.3) is 30.4 Å². The second kappa shape index (κ2) is 19.8. The summed E-state index contributed by atoms with van der Waals surface area (Å²) in [5.41, 5.74) is 4.43. The number of nitrogens with zero attached hydrogens (tertiary/aromatic N) is 2. The minimum atomic E-state index is -4.47. The van der Waals surface area contributed by atoms with Crippen LogP contribution in [0.2, 0.25) is 0 Å². The predicted molar refractivity (Wildman–Crippen MR) is 230 cm³/mol. The molecule has 2 aromatic rings. The first-order chi connectivity index (χ1) is 27.9. The number of hydrogen-bond acceptors (Lipinski definition) is 10. The standard InChI is InChI=1S/C43H52N2O12S3.Na/c1-42(2)34-28-32(59(52,53)54)21-23-36(34)44(25-11-5-6-18-40(46)47)38(42)16-9-7-14-30-19-20-31(41(30)48)15-8-10-17-39-43(3,4)35-29-33(60(55,56)57)22-24-37(35)45(39)26-12-13-27-58(49,50)51;/h7-10,14-17,21-24,28-29H,5-6,11-13,18-20,25-27H2,1-4H3,(H,46,47)(H,49,50,51)(H,52,53,54)(H,55,56,57);/q;+1/b9-7+,10-8+,30-14+,31-15+,38-16+,39-17+;. The van der Waals surface area contributed by atoms with Gasteiger partial charge >= 0.3 is 35.5 Å². The number of unbranched alkanes of at least 4 members (excludes halogenated alkanes) is 3. The van der Waals surface area contributed by atoms with E-state index in [1.54, 1.807) is 42.5 Å². The second-order valence-electron chi connectivity index (χ2n) is 16.1. The summed E-state index contributed by atoms with van der Waals surface area (Å²) < 4.78 is 99.1. The minimum absolute atomic E-state index is 0. The number of rotatable bonds is 17. The maximum Gasteiger partial charge on any atom is 1.00 e. The Morgan fingerprint density at radius 1 is 0.639 bits per heavy atom. The number of benzene rings is 2. The summed E-state index contributed by atoms with van der Waals surface area (Å²) in [6.45, 7) is 8.67. The molecule has 5 rings (SSSR count). The second-order valence-corrected chi connectivity index (χ2v) is 20.6. The molecule has 2 heterocycles. The van der Waals surface area contributed by atoms with Gasteiger partial charge in [-0.15, -0.1) is 0 Å². The Labute approximate surface area is 381 Å². The number of carboxylic acid groups (broad SMARTS) is 1. The van der Waals surface area contributed by atoms with Gasteiger partial charge in [0.15, 0.2) is 5.78 Å². The third-order valence-corrected chi connectivity index (χ3v) is 13.7. The monoisotopic (exact) mass is 907 g/mol. The molecule has 324 valence electrons. The van der Waals surface area contributed by atoms with Crippen LogP contribution in [0.4, 0.5) is 11.4 Å². The Morgan fingerprint density at radius 3 is 1.44 bits per heavy atom. The van der Waals surface area contributed by atoms with Crippen LogP contribution < -0.4 is 39.4 Å². The normalized spacial score (nSPS) is 20.1. The number of carbonyl (C=O) groups is 2. The number of carboxylic acids is 1. The van der Waals surface area contributed by atoms with Crippen LogP contribution in [0.15, 0.2) is 117 Å². The van der Waals surface area contributed by atoms with Crippen molar-refractivity contribution in [3.8, 4) is 0 Å². The summed E-state index contributed by atoms with van der Waals surface area (Å²) in [6, 6.07) is 8.85. The van der Waals surface area contributed by atoms with Crippen molar-refractivity contribution in [3.63, 3.8) is 0 Å². The van der Waals surface area contributed by atoms with E-state index in [0.717, 1.165) is 22.6 Å². The molecule has 0 saturated heterocycles. The largest absolute Gasteiger partial charge is 1.00 e. The molecule has 1 saturated carbocycles. The topological polar surface area (TPSA) is 224 Å². The van der Waals surface area contributed by atoms with Crippen molar-refractivity contribution < 1.29 is 83.2 Å². The van der Waals surface area contributed by atoms with Gasteiger partial charge in [0.2, 0.25) is 0 Å². The summed E-state index contributed by atoms with van der Waals surface area (Å²) >= 11 is 0. The molecular weight excluding hydrogens is 856 g/mol. The summed E-state index contributed by atoms with van der Waals surface area (Å²) in [7, 11) is -13.0. The van der Waals surface area contributed by atoms with Crippen molar-refractivity contribution in [1.82, 2.24) is 0 Å². The van der Waals surface area contributed by atoms with Crippen molar-refractivity contribution in [3.05, 3.63) is 119 Å². The third kappa shape index (κ3) is 12.1. The summed E-state index contributed by atoms with van der Waals surface area (Å²) in [6.07, 6.45) is 18.1. The van der Waals surface area contributed by atoms with Crippen LogP contribution in [0.5, 0.6) is 0 Å². The van der Waals surface area contributed by atoms with Crippen molar-refractivity contribution in [2.75, 3.05) is 28.6 Å². The van der Waals surface area contributed by atoms with Gasteiger partial charge in [0.1, 0.15) is 0 Å². The van der Waals surface area contributed by atoms with E-state index >= 15 is 0 Å². The van der Waals surface area contributed by atoms with Crippen molar-refractivity contribution in [2.45, 2.75) is 99.7 Å². The van der Waals surface area contributed by atoms with Crippen molar-refractivity contribution in [2.24, 2.45) is 0 Å². The van der Waals surface area contributed by atoms with Crippen LogP contribution in [0.3, 0.4) is 0 Å². The summed E-state index contributed by atoms with van der Waals surface area (Å²) in [4.78, 5) is 28.0. The summed E-state index contributed by atoms with van der Waals surface area (Å²) in [5, 5.41) is 9.02. The van der Waals surface area contributed by atoms with Crippen LogP contribution in [0.1, 0.15) is 90.2 Å². The quantitative estimate of drug-likeness (QED) is 0.0744. The fraction of sp³-hybridized carbons (Fsp3) is 0.395. The molecule has 0 aromatic heterocycles. The molecule has 2 aromatic carbocycles. The number of anilines is 2. The van der Waals surface area contributed by atoms with Gasteiger partial charge in [-0.1, -0.05) is 70.6 Å². The molecular formula is C43H52N2NaO12S3+. The van der Waals surface area contributed by atoms with E-state index in [2.05, 4.69) is 4.90 Å². The number of allylic oxidation sites excluding steroid dienone is 12. The number of carbonyl (C=O) groups excluding carboxylic acids is 1. The molecule has 0 atom stereocenters. The molecule has 61 heavy (non-hydrogen) atoms. The van der Waals surface area contributed by atoms with Crippen molar-refractivity contribution in [1.29, 1.82) is 0 Å². The third-order valence-electron chi connectivity index (χ3n) is 11.2. The van der Waals surface area contributed by atoms with E-state index < -0.39 is 52.9 Å². The van der Waals surface area contributed by atoms with E-state index in [4.69, 9.17) is 5.11 Å². The molecule has 1 aliphatic carbocycles. The molecule has 14 nitrogen and oxygen atoms in total. The Bertz CT molecular complexity index is 2570. The molecule has 0 amide bonds. The average molecular weight is 908 g/mol. The molecule has 18 heteroatoms. The molecule has 0 bridgehead atoms. The zero-order valence-corrected chi connectivity index (χ0v) is 39.5. The van der Waals surface area contributed by atoms with Crippen LogP contribution >= 0.6 is 0 Å². The van der Waals surface area contributed by atoms with Crippen LogP contribution in [0, 0.1) is 0 Å². The van der Waals surface area contributed by atoms with Gasteiger partial charge in [-0.2, -0.15) is 25.3 Å². The number of hydrogen-bond donors (Lipinski definition) is 4. The van der Waals surface area contributed by atoms with Crippen LogP contribution in [-0.4, -0.2) is 74.6 Å². The maximum atomic E-state index is 13.4. The smallest absolute Gasteiger partial charge is 0.481 e. The molecule has 3 aliphatic rings. The van der Waals surface area contributed by atoms with Crippen LogP contribution in [0.25, 0.3) is 0 Å². The van der Waals surface area contributed by atoms with E-state index in [-0.39, 0.29) is 58.0 Å². The molecule has 1 fully saturated rings. The number of Topliss-reactive ketones (excluding diaryl/α,β-unsaturated/α-hetero) is 1. The van der Waals surface area contributed by atoms with E-state index in [1.165, 1.54) is 24.3 Å². The van der Waals surface area contributed by atoms with Crippen molar-refractivity contribution >= 4 is 53.5 Å². The van der Waals surface area contributed by atoms with Gasteiger partial charge in [0, 0.05) is 64.3 Å². The zero-order valence-electron chi connectivity index (χ0n) is 35.0. The van der Waals surface area contributed by atoms with Crippen LogP contribution in [-0.2, 0) is 50.8 Å². The Kier molecular flexibility index (Phi) is 16.2. The minimum Gasteiger partial charge on any atom is -0.481 e. The molecule has 0 spiro atoms. The fourth-order valence-electron chi connectivity index (χ4n) is 8.05. The maximum absolute atomic E-state index is 13.4. The molecule has 0 radical (unpaired) electrons. The van der Waals surface area contributed by atoms with E-state index in [1.807, 2.05) is 50.8 Å². The van der Waals surface area contributed by atoms with Gasteiger partial charge in [0.05, 0.1) is 15.5 Å². The first-order valence-electron chi connectivity index (χ1n) is 19.6. The number of ketones is 1. The van der Waals surface area contributed by atoms with Gasteiger partial charge in [-0.25, -0.2) is 0 Å². The van der Waals surface area contributed by atoms with Gasteiger partial charge in [-0.3, -0.25) is 23.2 Å². The Morgan fingerprint density at radius 2 is 1.05 bits per heavy atom. The number of aliphatic carboxylic acids is 1. The molecule has 4 N–H and O–H groups in total. The van der Waals surface area contributed by atoms with Gasteiger partial charge in [-0.05, 0) is 98.2 Å². The summed E-state index contributed by atoms with van der Waals surface area (Å²) in [5.74, 6) is -1.34. The molecule has 0 unspecified atom stereocenters. The Balaban J connectivity index is 0.00000819.